The van der Waals surface area contributed by atoms with Gasteiger partial charge in [-0.1, -0.05) is 48.0 Å². The zero-order valence-corrected chi connectivity index (χ0v) is 15.6. The standard InChI is InChI=1S/C19H24N2O3S/c1-15-9-11-18(12-10-15)19(22)20-13-14-21(25(3,23)24)16(2)17-7-5-4-6-8-17/h4-12,16H,13-14H2,1-3H3,(H,20,22). The van der Waals surface area contributed by atoms with Crippen LogP contribution in [0.3, 0.4) is 0 Å². The van der Waals surface area contributed by atoms with Crippen LogP contribution in [0.4, 0.5) is 0 Å². The van der Waals surface area contributed by atoms with Crippen molar-refractivity contribution in [1.29, 1.82) is 0 Å². The largest absolute Gasteiger partial charge is 0.351 e. The Bertz CT molecular complexity index is 802. The van der Waals surface area contributed by atoms with Crippen molar-refractivity contribution >= 4 is 15.9 Å². The number of hydrogen-bond donors (Lipinski definition) is 1. The number of nitrogens with zero attached hydrogens (tertiary/aromatic N) is 1. The van der Waals surface area contributed by atoms with Crippen LogP contribution in [0.15, 0.2) is 54.6 Å². The summed E-state index contributed by atoms with van der Waals surface area (Å²) in [4.78, 5) is 12.1. The number of rotatable bonds is 7. The third-order valence-electron chi connectivity index (χ3n) is 4.07. The molecule has 1 amide bonds. The molecular weight excluding hydrogens is 336 g/mol. The normalized spacial score (nSPS) is 12.8. The van der Waals surface area contributed by atoms with Gasteiger partial charge in [0, 0.05) is 24.7 Å². The topological polar surface area (TPSA) is 66.5 Å². The Labute approximate surface area is 149 Å². The van der Waals surface area contributed by atoms with E-state index in [1.54, 1.807) is 12.1 Å². The van der Waals surface area contributed by atoms with E-state index in [1.165, 1.54) is 10.6 Å². The van der Waals surface area contributed by atoms with Crippen LogP contribution in [-0.2, 0) is 10.0 Å². The molecule has 25 heavy (non-hydrogen) atoms. The van der Waals surface area contributed by atoms with E-state index in [9.17, 15) is 13.2 Å². The minimum atomic E-state index is -3.40. The summed E-state index contributed by atoms with van der Waals surface area (Å²) in [5.41, 5.74) is 2.56. The highest BCUT2D eigenvalue weighted by Gasteiger charge is 2.24. The first-order valence-corrected chi connectivity index (χ1v) is 10.0. The predicted molar refractivity (Wildman–Crippen MR) is 99.9 cm³/mol. The van der Waals surface area contributed by atoms with Crippen LogP contribution in [0.1, 0.15) is 34.5 Å². The summed E-state index contributed by atoms with van der Waals surface area (Å²) in [6, 6.07) is 16.4. The third-order valence-corrected chi connectivity index (χ3v) is 5.42. The van der Waals surface area contributed by atoms with Gasteiger partial charge in [-0.25, -0.2) is 8.42 Å². The van der Waals surface area contributed by atoms with E-state index in [-0.39, 0.29) is 25.0 Å². The number of benzene rings is 2. The molecule has 134 valence electrons. The summed E-state index contributed by atoms with van der Waals surface area (Å²) in [5.74, 6) is -0.208. The molecule has 0 saturated heterocycles. The summed E-state index contributed by atoms with van der Waals surface area (Å²) in [5, 5.41) is 2.78. The molecule has 2 aromatic rings. The highest BCUT2D eigenvalue weighted by Crippen LogP contribution is 2.21. The van der Waals surface area contributed by atoms with Gasteiger partial charge in [-0.15, -0.1) is 0 Å². The summed E-state index contributed by atoms with van der Waals surface area (Å²) in [6.07, 6.45) is 1.19. The quantitative estimate of drug-likeness (QED) is 0.826. The fourth-order valence-corrected chi connectivity index (χ4v) is 3.75. The Morgan fingerprint density at radius 1 is 1.08 bits per heavy atom. The maximum Gasteiger partial charge on any atom is 0.251 e. The Hall–Kier alpha value is -2.18. The first kappa shape index (κ1) is 19.1. The molecule has 0 aliphatic rings. The van der Waals surface area contributed by atoms with Crippen molar-refractivity contribution in [2.45, 2.75) is 19.9 Å². The van der Waals surface area contributed by atoms with E-state index < -0.39 is 10.0 Å². The predicted octanol–water partition coefficient (Wildman–Crippen LogP) is 2.75. The molecule has 0 radical (unpaired) electrons. The fraction of sp³-hybridized carbons (Fsp3) is 0.316. The van der Waals surface area contributed by atoms with Crippen LogP contribution in [0.25, 0.3) is 0 Å². The average Bonchev–Trinajstić information content (AvgIpc) is 2.58. The lowest BCUT2D eigenvalue weighted by molar-refractivity contribution is 0.0950. The highest BCUT2D eigenvalue weighted by atomic mass is 32.2. The van der Waals surface area contributed by atoms with Gasteiger partial charge < -0.3 is 5.32 Å². The van der Waals surface area contributed by atoms with Gasteiger partial charge in [-0.05, 0) is 31.5 Å². The van der Waals surface area contributed by atoms with E-state index in [0.29, 0.717) is 5.56 Å². The van der Waals surface area contributed by atoms with Gasteiger partial charge in [0.15, 0.2) is 0 Å². The maximum absolute atomic E-state index is 12.1. The highest BCUT2D eigenvalue weighted by molar-refractivity contribution is 7.88. The van der Waals surface area contributed by atoms with Crippen molar-refractivity contribution in [1.82, 2.24) is 9.62 Å². The molecule has 0 heterocycles. The molecule has 1 N–H and O–H groups in total. The molecule has 0 aliphatic heterocycles. The van der Waals surface area contributed by atoms with Gasteiger partial charge >= 0.3 is 0 Å². The molecule has 6 heteroatoms. The Kier molecular flexibility index (Phi) is 6.33. The maximum atomic E-state index is 12.1. The van der Waals surface area contributed by atoms with E-state index in [4.69, 9.17) is 0 Å². The molecule has 0 aliphatic carbocycles. The van der Waals surface area contributed by atoms with Gasteiger partial charge in [0.05, 0.1) is 6.26 Å². The number of carbonyl (C=O) groups excluding carboxylic acids is 1. The zero-order chi connectivity index (χ0) is 18.4. The van der Waals surface area contributed by atoms with E-state index in [0.717, 1.165) is 11.1 Å². The average molecular weight is 360 g/mol. The summed E-state index contributed by atoms with van der Waals surface area (Å²) >= 11 is 0. The van der Waals surface area contributed by atoms with Crippen LogP contribution in [0, 0.1) is 6.92 Å². The summed E-state index contributed by atoms with van der Waals surface area (Å²) in [7, 11) is -3.40. The summed E-state index contributed by atoms with van der Waals surface area (Å²) < 4.78 is 25.7. The second kappa shape index (κ2) is 8.27. The first-order valence-electron chi connectivity index (χ1n) is 8.15. The third kappa shape index (κ3) is 5.41. The lowest BCUT2D eigenvalue weighted by Gasteiger charge is -2.27. The number of nitrogens with one attached hydrogen (secondary N) is 1. The molecule has 5 nitrogen and oxygen atoms in total. The molecule has 1 atom stereocenters. The zero-order valence-electron chi connectivity index (χ0n) is 14.8. The fourth-order valence-electron chi connectivity index (χ4n) is 2.63. The van der Waals surface area contributed by atoms with Crippen LogP contribution in [-0.4, -0.2) is 38.0 Å². The smallest absolute Gasteiger partial charge is 0.251 e. The van der Waals surface area contributed by atoms with Crippen LogP contribution in [0.2, 0.25) is 0 Å². The Morgan fingerprint density at radius 3 is 2.24 bits per heavy atom. The van der Waals surface area contributed by atoms with E-state index >= 15 is 0 Å². The second-order valence-corrected chi connectivity index (χ2v) is 8.02. The minimum Gasteiger partial charge on any atom is -0.351 e. The van der Waals surface area contributed by atoms with Crippen molar-refractivity contribution in [2.75, 3.05) is 19.3 Å². The van der Waals surface area contributed by atoms with Gasteiger partial charge in [0.2, 0.25) is 10.0 Å². The van der Waals surface area contributed by atoms with Crippen molar-refractivity contribution in [3.63, 3.8) is 0 Å². The van der Waals surface area contributed by atoms with Crippen molar-refractivity contribution in [2.24, 2.45) is 0 Å². The molecule has 0 fully saturated rings. The molecule has 0 spiro atoms. The molecule has 2 aromatic carbocycles. The van der Waals surface area contributed by atoms with Crippen LogP contribution >= 0.6 is 0 Å². The number of aryl methyl sites for hydroxylation is 1. The van der Waals surface area contributed by atoms with Gasteiger partial charge in [-0.2, -0.15) is 4.31 Å². The van der Waals surface area contributed by atoms with Crippen LogP contribution in [0.5, 0.6) is 0 Å². The number of sulfonamides is 1. The first-order chi connectivity index (χ1) is 11.8. The Balaban J connectivity index is 2.01. The molecule has 0 aromatic heterocycles. The lowest BCUT2D eigenvalue weighted by atomic mass is 10.1. The monoisotopic (exact) mass is 360 g/mol. The second-order valence-electron chi connectivity index (χ2n) is 6.08. The minimum absolute atomic E-state index is 0.208. The Morgan fingerprint density at radius 2 is 1.68 bits per heavy atom. The molecule has 2 rings (SSSR count). The molecule has 0 saturated carbocycles. The number of amides is 1. The number of hydrogen-bond acceptors (Lipinski definition) is 3. The van der Waals surface area contributed by atoms with E-state index in [1.807, 2.05) is 56.3 Å². The molecular formula is C19H24N2O3S. The van der Waals surface area contributed by atoms with Gasteiger partial charge in [0.1, 0.15) is 0 Å². The lowest BCUT2D eigenvalue weighted by Crippen LogP contribution is -2.39. The molecule has 0 bridgehead atoms. The molecule has 1 unspecified atom stereocenters. The van der Waals surface area contributed by atoms with E-state index in [2.05, 4.69) is 5.32 Å². The van der Waals surface area contributed by atoms with Crippen molar-refractivity contribution in [3.05, 3.63) is 71.3 Å². The van der Waals surface area contributed by atoms with Crippen molar-refractivity contribution < 1.29 is 13.2 Å². The van der Waals surface area contributed by atoms with Crippen molar-refractivity contribution in [3.8, 4) is 0 Å². The number of carbonyl (C=O) groups is 1. The van der Waals surface area contributed by atoms with Crippen LogP contribution < -0.4 is 5.32 Å². The van der Waals surface area contributed by atoms with Gasteiger partial charge in [0.25, 0.3) is 5.91 Å². The SMILES string of the molecule is Cc1ccc(C(=O)NCCN(C(C)c2ccccc2)S(C)(=O)=O)cc1. The van der Waals surface area contributed by atoms with Gasteiger partial charge in [-0.3, -0.25) is 4.79 Å². The summed E-state index contributed by atoms with van der Waals surface area (Å²) in [6.45, 7) is 4.26.